The van der Waals surface area contributed by atoms with E-state index in [2.05, 4.69) is 0 Å². The summed E-state index contributed by atoms with van der Waals surface area (Å²) in [6, 6.07) is 9.55. The van der Waals surface area contributed by atoms with Crippen LogP contribution in [0.2, 0.25) is 0 Å². The lowest BCUT2D eigenvalue weighted by Crippen LogP contribution is -2.31. The van der Waals surface area contributed by atoms with E-state index in [-0.39, 0.29) is 29.9 Å². The Morgan fingerprint density at radius 3 is 2.32 bits per heavy atom. The lowest BCUT2D eigenvalue weighted by molar-refractivity contribution is 0.0716. The molecule has 0 spiro atoms. The molecule has 0 saturated carbocycles. The van der Waals surface area contributed by atoms with Gasteiger partial charge in [0.25, 0.3) is 5.91 Å². The molecule has 2 heterocycles. The van der Waals surface area contributed by atoms with Crippen molar-refractivity contribution >= 4 is 16.9 Å². The van der Waals surface area contributed by atoms with Crippen LogP contribution in [0.3, 0.4) is 0 Å². The fourth-order valence-corrected chi connectivity index (χ4v) is 4.04. The Hall–Kier alpha value is -3.52. The number of hydrogen-bond acceptors (Lipinski definition) is 7. The summed E-state index contributed by atoms with van der Waals surface area (Å²) in [4.78, 5) is 28.2. The van der Waals surface area contributed by atoms with Gasteiger partial charge in [0.05, 0.1) is 38.3 Å². The minimum atomic E-state index is -0.719. The van der Waals surface area contributed by atoms with Crippen LogP contribution in [-0.2, 0) is 0 Å². The van der Waals surface area contributed by atoms with Crippen LogP contribution in [0.25, 0.3) is 11.0 Å². The average molecular weight is 425 g/mol. The highest BCUT2D eigenvalue weighted by Crippen LogP contribution is 2.44. The third kappa shape index (κ3) is 3.29. The molecular weight excluding hydrogens is 402 g/mol. The first-order valence-corrected chi connectivity index (χ1v) is 9.83. The third-order valence-electron chi connectivity index (χ3n) is 5.43. The van der Waals surface area contributed by atoms with E-state index in [0.29, 0.717) is 40.2 Å². The number of para-hydroxylation sites is 1. The molecular formula is C23H23NO7. The zero-order chi connectivity index (χ0) is 22.1. The van der Waals surface area contributed by atoms with Gasteiger partial charge in [-0.2, -0.15) is 0 Å². The monoisotopic (exact) mass is 425 g/mol. The molecule has 1 aromatic heterocycles. The Kier molecular flexibility index (Phi) is 5.56. The van der Waals surface area contributed by atoms with Crippen molar-refractivity contribution in [1.82, 2.24) is 4.90 Å². The molecule has 0 unspecified atom stereocenters. The van der Waals surface area contributed by atoms with Crippen LogP contribution in [0.1, 0.15) is 34.1 Å². The maximum absolute atomic E-state index is 13.4. The van der Waals surface area contributed by atoms with E-state index in [4.69, 9.17) is 18.6 Å². The minimum absolute atomic E-state index is 0.0143. The minimum Gasteiger partial charge on any atom is -0.493 e. The molecule has 0 bridgehead atoms. The summed E-state index contributed by atoms with van der Waals surface area (Å²) in [5, 5.41) is 9.75. The van der Waals surface area contributed by atoms with Crippen molar-refractivity contribution < 1.29 is 28.5 Å². The van der Waals surface area contributed by atoms with Crippen LogP contribution in [-0.4, -0.2) is 50.4 Å². The molecule has 0 radical (unpaired) electrons. The second-order valence-corrected chi connectivity index (χ2v) is 7.11. The molecule has 1 aliphatic rings. The fourth-order valence-electron chi connectivity index (χ4n) is 4.04. The number of rotatable bonds is 7. The average Bonchev–Trinajstić information content (AvgIpc) is 3.08. The summed E-state index contributed by atoms with van der Waals surface area (Å²) in [6.07, 6.45) is 0.356. The molecule has 4 rings (SSSR count). The second-order valence-electron chi connectivity index (χ2n) is 7.11. The second kappa shape index (κ2) is 8.31. The molecule has 1 amide bonds. The molecule has 8 heteroatoms. The van der Waals surface area contributed by atoms with E-state index in [1.807, 2.05) is 0 Å². The van der Waals surface area contributed by atoms with Crippen molar-refractivity contribution in [2.24, 2.45) is 0 Å². The summed E-state index contributed by atoms with van der Waals surface area (Å²) in [5.74, 6) is 0.839. The van der Waals surface area contributed by atoms with Crippen LogP contribution in [0.5, 0.6) is 17.2 Å². The molecule has 3 aromatic rings. The highest BCUT2D eigenvalue weighted by molar-refractivity contribution is 5.99. The number of nitrogens with zero attached hydrogens (tertiary/aromatic N) is 1. The van der Waals surface area contributed by atoms with Gasteiger partial charge in [-0.1, -0.05) is 12.1 Å². The van der Waals surface area contributed by atoms with Crippen molar-refractivity contribution in [2.45, 2.75) is 12.5 Å². The predicted molar refractivity (Wildman–Crippen MR) is 113 cm³/mol. The molecule has 1 aliphatic heterocycles. The van der Waals surface area contributed by atoms with E-state index in [1.165, 1.54) is 26.2 Å². The van der Waals surface area contributed by atoms with Gasteiger partial charge >= 0.3 is 0 Å². The van der Waals surface area contributed by atoms with E-state index in [1.54, 1.807) is 36.4 Å². The van der Waals surface area contributed by atoms with Crippen molar-refractivity contribution in [3.05, 3.63) is 63.5 Å². The highest BCUT2D eigenvalue weighted by Gasteiger charge is 2.43. The maximum atomic E-state index is 13.4. The van der Waals surface area contributed by atoms with Crippen LogP contribution >= 0.6 is 0 Å². The molecule has 8 nitrogen and oxygen atoms in total. The summed E-state index contributed by atoms with van der Waals surface area (Å²) >= 11 is 0. The molecule has 0 saturated heterocycles. The fraction of sp³-hybridized carbons (Fsp3) is 0.304. The number of carbonyl (C=O) groups is 1. The maximum Gasteiger partial charge on any atom is 0.290 e. The Balaban J connectivity index is 1.99. The van der Waals surface area contributed by atoms with E-state index in [9.17, 15) is 14.7 Å². The molecule has 2 aromatic carbocycles. The van der Waals surface area contributed by atoms with Crippen LogP contribution in [0.15, 0.2) is 45.6 Å². The number of amides is 1. The smallest absolute Gasteiger partial charge is 0.290 e. The van der Waals surface area contributed by atoms with Gasteiger partial charge in [-0.25, -0.2) is 0 Å². The topological polar surface area (TPSA) is 98.4 Å². The number of benzene rings is 2. The van der Waals surface area contributed by atoms with Gasteiger partial charge in [0, 0.05) is 13.2 Å². The molecule has 31 heavy (non-hydrogen) atoms. The summed E-state index contributed by atoms with van der Waals surface area (Å²) in [6.45, 7) is 0.155. The van der Waals surface area contributed by atoms with Crippen molar-refractivity contribution in [2.75, 3.05) is 34.5 Å². The van der Waals surface area contributed by atoms with E-state index < -0.39 is 11.9 Å². The van der Waals surface area contributed by atoms with Gasteiger partial charge in [-0.15, -0.1) is 0 Å². The predicted octanol–water partition coefficient (Wildman–Crippen LogP) is 2.75. The van der Waals surface area contributed by atoms with E-state index >= 15 is 0 Å². The molecule has 1 N–H and O–H groups in total. The van der Waals surface area contributed by atoms with Crippen LogP contribution in [0, 0.1) is 0 Å². The standard InChI is InChI=1S/C23H23NO7/c1-28-16-11-13(12-17(29-2)21(16)30-3)19-18-20(26)14-7-4-5-8-15(14)31-22(18)23(27)24(19)9-6-10-25/h4-5,7-8,11-12,19,25H,6,9-10H2,1-3H3/t19-/m0/s1. The van der Waals surface area contributed by atoms with Crippen molar-refractivity contribution in [3.8, 4) is 17.2 Å². The zero-order valence-electron chi connectivity index (χ0n) is 17.5. The molecule has 0 fully saturated rings. The summed E-state index contributed by atoms with van der Waals surface area (Å²) in [7, 11) is 4.50. The van der Waals surface area contributed by atoms with Gasteiger partial charge in [0.1, 0.15) is 5.58 Å². The molecule has 1 atom stereocenters. The first-order chi connectivity index (χ1) is 15.0. The first-order valence-electron chi connectivity index (χ1n) is 9.83. The first kappa shape index (κ1) is 20.7. The van der Waals surface area contributed by atoms with Crippen molar-refractivity contribution in [1.29, 1.82) is 0 Å². The Labute approximate surface area is 178 Å². The highest BCUT2D eigenvalue weighted by atomic mass is 16.5. The number of hydrogen-bond donors (Lipinski definition) is 1. The lowest BCUT2D eigenvalue weighted by atomic mass is 9.97. The van der Waals surface area contributed by atoms with Crippen molar-refractivity contribution in [3.63, 3.8) is 0 Å². The van der Waals surface area contributed by atoms with Gasteiger partial charge in [-0.05, 0) is 36.2 Å². The Bertz CT molecular complexity index is 1180. The summed E-state index contributed by atoms with van der Waals surface area (Å²) < 4.78 is 22.2. The number of ether oxygens (including phenoxy) is 3. The van der Waals surface area contributed by atoms with Gasteiger partial charge in [0.2, 0.25) is 11.5 Å². The van der Waals surface area contributed by atoms with Crippen LogP contribution < -0.4 is 19.6 Å². The number of fused-ring (bicyclic) bond motifs is 2. The van der Waals surface area contributed by atoms with Gasteiger partial charge in [-0.3, -0.25) is 9.59 Å². The molecule has 162 valence electrons. The Morgan fingerprint density at radius 2 is 1.71 bits per heavy atom. The van der Waals surface area contributed by atoms with Gasteiger partial charge in [0.15, 0.2) is 16.9 Å². The number of carbonyl (C=O) groups excluding carboxylic acids is 1. The Morgan fingerprint density at radius 1 is 1.03 bits per heavy atom. The van der Waals surface area contributed by atoms with Gasteiger partial charge < -0.3 is 28.6 Å². The number of aliphatic hydroxyl groups is 1. The largest absolute Gasteiger partial charge is 0.493 e. The van der Waals surface area contributed by atoms with E-state index in [0.717, 1.165) is 0 Å². The van der Waals surface area contributed by atoms with Crippen LogP contribution in [0.4, 0.5) is 0 Å². The SMILES string of the molecule is COc1cc([C@H]2c3c(oc4ccccc4c3=O)C(=O)N2CCCO)cc(OC)c1OC. The number of methoxy groups -OCH3 is 3. The summed E-state index contributed by atoms with van der Waals surface area (Å²) in [5.41, 5.74) is 0.959. The molecule has 0 aliphatic carbocycles. The lowest BCUT2D eigenvalue weighted by Gasteiger charge is -2.26. The third-order valence-corrected chi connectivity index (χ3v) is 5.43. The number of aliphatic hydroxyl groups excluding tert-OH is 1. The normalized spacial score (nSPS) is 15.3. The quantitative estimate of drug-likeness (QED) is 0.621. The zero-order valence-corrected chi connectivity index (χ0v) is 17.5.